The normalized spacial score (nSPS) is 23.7. The van der Waals surface area contributed by atoms with Crippen molar-refractivity contribution >= 4 is 0 Å². The van der Waals surface area contributed by atoms with Gasteiger partial charge in [0.1, 0.15) is 24.3 Å². The topological polar surface area (TPSA) is 61.7 Å². The van der Waals surface area contributed by atoms with E-state index in [9.17, 15) is 9.50 Å². The molecule has 0 amide bonds. The third-order valence-electron chi connectivity index (χ3n) is 3.28. The lowest BCUT2D eigenvalue weighted by Crippen LogP contribution is -2.39. The highest BCUT2D eigenvalue weighted by Gasteiger charge is 2.26. The number of hydrogen-bond acceptors (Lipinski definition) is 4. The zero-order valence-electron chi connectivity index (χ0n) is 10.8. The number of nitrogens with one attached hydrogen (secondary N) is 1. The Kier molecular flexibility index (Phi) is 5.13. The summed E-state index contributed by atoms with van der Waals surface area (Å²) in [4.78, 5) is 0. The molecule has 1 atom stereocenters. The summed E-state index contributed by atoms with van der Waals surface area (Å²) >= 11 is 0. The van der Waals surface area contributed by atoms with Gasteiger partial charge in [-0.3, -0.25) is 0 Å². The predicted molar refractivity (Wildman–Crippen MR) is 69.5 cm³/mol. The Morgan fingerprint density at radius 2 is 2.00 bits per heavy atom. The Bertz CT molecular complexity index is 379. The van der Waals surface area contributed by atoms with E-state index in [1.54, 1.807) is 0 Å². The van der Waals surface area contributed by atoms with Crippen molar-refractivity contribution in [2.45, 2.75) is 25.0 Å². The van der Waals surface area contributed by atoms with Gasteiger partial charge in [0, 0.05) is 6.54 Å². The van der Waals surface area contributed by atoms with Crippen molar-refractivity contribution in [1.82, 2.24) is 5.32 Å². The summed E-state index contributed by atoms with van der Waals surface area (Å²) in [6, 6.07) is 5.71. The summed E-state index contributed by atoms with van der Waals surface area (Å²) in [5, 5.41) is 22.0. The zero-order valence-corrected chi connectivity index (χ0v) is 10.8. The van der Waals surface area contributed by atoms with Gasteiger partial charge >= 0.3 is 0 Å². The van der Waals surface area contributed by atoms with Crippen molar-refractivity contribution in [3.8, 4) is 5.75 Å². The second kappa shape index (κ2) is 6.84. The van der Waals surface area contributed by atoms with Gasteiger partial charge in [0.2, 0.25) is 0 Å². The molecule has 0 bridgehead atoms. The minimum absolute atomic E-state index is 0.140. The lowest BCUT2D eigenvalue weighted by molar-refractivity contribution is 0.0400. The maximum atomic E-state index is 12.7. The Hall–Kier alpha value is -1.17. The van der Waals surface area contributed by atoms with Crippen LogP contribution in [0.5, 0.6) is 5.75 Å². The molecule has 3 N–H and O–H groups in total. The Balaban J connectivity index is 1.56. The van der Waals surface area contributed by atoms with Gasteiger partial charge in [-0.05, 0) is 49.6 Å². The molecule has 1 saturated carbocycles. The van der Waals surface area contributed by atoms with Crippen LogP contribution in [0.25, 0.3) is 0 Å². The second-order valence-electron chi connectivity index (χ2n) is 5.07. The Labute approximate surface area is 112 Å². The van der Waals surface area contributed by atoms with Crippen molar-refractivity contribution in [2.75, 3.05) is 19.7 Å². The molecule has 1 unspecified atom stereocenters. The van der Waals surface area contributed by atoms with Crippen molar-refractivity contribution in [3.05, 3.63) is 30.1 Å². The first-order valence-corrected chi connectivity index (χ1v) is 6.58. The molecule has 0 radical (unpaired) electrons. The van der Waals surface area contributed by atoms with Crippen LogP contribution in [0, 0.1) is 11.7 Å². The van der Waals surface area contributed by atoms with Crippen LogP contribution < -0.4 is 10.1 Å². The molecule has 1 aliphatic carbocycles. The molecule has 5 heteroatoms. The summed E-state index contributed by atoms with van der Waals surface area (Å²) in [5.41, 5.74) is 0. The molecule has 1 aromatic rings. The van der Waals surface area contributed by atoms with E-state index in [1.165, 1.54) is 24.3 Å². The van der Waals surface area contributed by atoms with Crippen molar-refractivity contribution in [3.63, 3.8) is 0 Å². The predicted octanol–water partition coefficient (Wildman–Crippen LogP) is 0.926. The number of ether oxygens (including phenoxy) is 1. The average Bonchev–Trinajstić information content (AvgIpc) is 2.36. The number of benzene rings is 1. The van der Waals surface area contributed by atoms with Crippen LogP contribution in [-0.2, 0) is 0 Å². The number of aliphatic hydroxyl groups excluding tert-OH is 2. The van der Waals surface area contributed by atoms with E-state index in [2.05, 4.69) is 5.32 Å². The van der Waals surface area contributed by atoms with E-state index in [1.807, 2.05) is 0 Å². The quantitative estimate of drug-likeness (QED) is 0.689. The lowest BCUT2D eigenvalue weighted by atomic mass is 9.82. The molecule has 1 aromatic carbocycles. The largest absolute Gasteiger partial charge is 0.491 e. The first-order valence-electron chi connectivity index (χ1n) is 6.58. The van der Waals surface area contributed by atoms with E-state index in [0.717, 1.165) is 19.4 Å². The van der Waals surface area contributed by atoms with E-state index in [-0.39, 0.29) is 18.5 Å². The molecule has 0 heterocycles. The van der Waals surface area contributed by atoms with Gasteiger partial charge < -0.3 is 20.3 Å². The molecule has 19 heavy (non-hydrogen) atoms. The van der Waals surface area contributed by atoms with E-state index in [0.29, 0.717) is 18.2 Å². The van der Waals surface area contributed by atoms with E-state index >= 15 is 0 Å². The maximum Gasteiger partial charge on any atom is 0.123 e. The minimum Gasteiger partial charge on any atom is -0.491 e. The smallest absolute Gasteiger partial charge is 0.123 e. The van der Waals surface area contributed by atoms with Gasteiger partial charge in [0.05, 0.1) is 6.10 Å². The first kappa shape index (κ1) is 14.2. The third kappa shape index (κ3) is 4.78. The summed E-state index contributed by atoms with van der Waals surface area (Å²) in [6.07, 6.45) is 0.943. The molecule has 1 fully saturated rings. The van der Waals surface area contributed by atoms with Crippen molar-refractivity contribution in [2.24, 2.45) is 5.92 Å². The maximum absolute atomic E-state index is 12.7. The fourth-order valence-corrected chi connectivity index (χ4v) is 2.10. The lowest BCUT2D eigenvalue weighted by Gasteiger charge is -2.31. The number of aliphatic hydroxyl groups is 2. The summed E-state index contributed by atoms with van der Waals surface area (Å²) < 4.78 is 18.0. The Morgan fingerprint density at radius 3 is 2.63 bits per heavy atom. The highest BCUT2D eigenvalue weighted by Crippen LogP contribution is 2.25. The minimum atomic E-state index is -0.602. The van der Waals surface area contributed by atoms with Crippen LogP contribution in [-0.4, -0.2) is 42.1 Å². The van der Waals surface area contributed by atoms with Gasteiger partial charge in [-0.25, -0.2) is 4.39 Å². The summed E-state index contributed by atoms with van der Waals surface area (Å²) in [5.74, 6) is 0.750. The van der Waals surface area contributed by atoms with E-state index < -0.39 is 6.10 Å². The Morgan fingerprint density at radius 1 is 1.32 bits per heavy atom. The molecule has 4 nitrogen and oxygen atoms in total. The van der Waals surface area contributed by atoms with Gasteiger partial charge in [-0.1, -0.05) is 0 Å². The SMILES string of the molecule is OC(CNCC1CC(O)C1)COc1ccc(F)cc1. The third-order valence-corrected chi connectivity index (χ3v) is 3.28. The molecule has 106 valence electrons. The molecule has 0 spiro atoms. The molecule has 0 aliphatic heterocycles. The molecule has 0 saturated heterocycles. The van der Waals surface area contributed by atoms with Crippen LogP contribution in [0.15, 0.2) is 24.3 Å². The average molecular weight is 269 g/mol. The fourth-order valence-electron chi connectivity index (χ4n) is 2.10. The monoisotopic (exact) mass is 269 g/mol. The summed E-state index contributed by atoms with van der Waals surface area (Å²) in [6.45, 7) is 1.43. The highest BCUT2D eigenvalue weighted by molar-refractivity contribution is 5.22. The number of rotatable bonds is 7. The van der Waals surface area contributed by atoms with Gasteiger partial charge in [0.25, 0.3) is 0 Å². The van der Waals surface area contributed by atoms with Crippen molar-refractivity contribution in [1.29, 1.82) is 0 Å². The molecule has 1 aliphatic rings. The van der Waals surface area contributed by atoms with Crippen LogP contribution in [0.3, 0.4) is 0 Å². The number of halogens is 1. The molecular weight excluding hydrogens is 249 g/mol. The van der Waals surface area contributed by atoms with Gasteiger partial charge in [-0.15, -0.1) is 0 Å². The van der Waals surface area contributed by atoms with Crippen molar-refractivity contribution < 1.29 is 19.3 Å². The number of hydrogen-bond donors (Lipinski definition) is 3. The summed E-state index contributed by atoms with van der Waals surface area (Å²) in [7, 11) is 0. The molecular formula is C14H20FNO3. The zero-order chi connectivity index (χ0) is 13.7. The first-order chi connectivity index (χ1) is 9.13. The molecule has 2 rings (SSSR count). The van der Waals surface area contributed by atoms with Crippen LogP contribution >= 0.6 is 0 Å². The van der Waals surface area contributed by atoms with Crippen LogP contribution in [0.2, 0.25) is 0 Å². The van der Waals surface area contributed by atoms with E-state index in [4.69, 9.17) is 9.84 Å². The van der Waals surface area contributed by atoms with Gasteiger partial charge in [-0.2, -0.15) is 0 Å². The standard InChI is InChI=1S/C14H20FNO3/c15-11-1-3-14(4-2-11)19-9-13(18)8-16-7-10-5-12(17)6-10/h1-4,10,12-13,16-18H,5-9H2. The fraction of sp³-hybridized carbons (Fsp3) is 0.571. The second-order valence-corrected chi connectivity index (χ2v) is 5.07. The molecule has 0 aromatic heterocycles. The van der Waals surface area contributed by atoms with Crippen LogP contribution in [0.1, 0.15) is 12.8 Å². The van der Waals surface area contributed by atoms with Crippen LogP contribution in [0.4, 0.5) is 4.39 Å². The highest BCUT2D eigenvalue weighted by atomic mass is 19.1. The van der Waals surface area contributed by atoms with Gasteiger partial charge in [0.15, 0.2) is 0 Å².